The highest BCUT2D eigenvalue weighted by atomic mass is 35.5. The van der Waals surface area contributed by atoms with Crippen molar-refractivity contribution in [2.75, 3.05) is 27.7 Å². The fourth-order valence-electron chi connectivity index (χ4n) is 6.39. The number of sulfonamides is 1. The number of pyridine rings is 1. The van der Waals surface area contributed by atoms with Crippen LogP contribution in [0.5, 0.6) is 17.2 Å². The van der Waals surface area contributed by atoms with E-state index in [2.05, 4.69) is 4.98 Å². The molecule has 0 bridgehead atoms. The molecule has 0 unspecified atom stereocenters. The van der Waals surface area contributed by atoms with E-state index in [1.165, 1.54) is 42.6 Å². The average Bonchev–Trinajstić information content (AvgIpc) is 3.82. The molecule has 3 aromatic rings. The van der Waals surface area contributed by atoms with Crippen LogP contribution in [-0.4, -0.2) is 74.1 Å². The van der Waals surface area contributed by atoms with Gasteiger partial charge in [0.2, 0.25) is 15.8 Å². The molecule has 11 nitrogen and oxygen atoms in total. The number of benzene rings is 2. The second-order valence-corrected chi connectivity index (χ2v) is 14.8. The van der Waals surface area contributed by atoms with E-state index in [1.807, 2.05) is 0 Å². The molecule has 2 atom stereocenters. The maximum absolute atomic E-state index is 14.1. The van der Waals surface area contributed by atoms with E-state index in [0.717, 1.165) is 17.1 Å². The second-order valence-electron chi connectivity index (χ2n) is 12.0. The van der Waals surface area contributed by atoms with Crippen molar-refractivity contribution in [3.05, 3.63) is 75.5 Å². The van der Waals surface area contributed by atoms with E-state index >= 15 is 0 Å². The number of hydrogen-bond acceptors (Lipinski definition) is 9. The highest BCUT2D eigenvalue weighted by molar-refractivity contribution is 7.89. The lowest BCUT2D eigenvalue weighted by Gasteiger charge is -2.27. The Kier molecular flexibility index (Phi) is 9.32. The van der Waals surface area contributed by atoms with Crippen LogP contribution in [0, 0.1) is 0 Å². The molecule has 0 N–H and O–H groups in total. The topological polar surface area (TPSA) is 125 Å². The molecule has 250 valence electrons. The normalized spacial score (nSPS) is 19.1. The van der Waals surface area contributed by atoms with Crippen LogP contribution in [0.2, 0.25) is 10.0 Å². The van der Waals surface area contributed by atoms with Crippen LogP contribution in [0.4, 0.5) is 0 Å². The van der Waals surface area contributed by atoms with Crippen molar-refractivity contribution in [2.45, 2.75) is 67.8 Å². The molecule has 3 aliphatic rings. The molecule has 0 radical (unpaired) electrons. The Labute approximate surface area is 283 Å². The van der Waals surface area contributed by atoms with E-state index in [4.69, 9.17) is 42.1 Å². The SMILES string of the molecule is COc1ccc([C@H](Cc2c(Cl)cncc2Cl)OC(=O)[C@@H]2CCCN2S(=O)(=O)c2cccc(C(=O)N(C)C)c2)c2c1OC1(CCCC1)O2. The Morgan fingerprint density at radius 2 is 1.77 bits per heavy atom. The van der Waals surface area contributed by atoms with Crippen LogP contribution in [0.15, 0.2) is 53.7 Å². The maximum Gasteiger partial charge on any atom is 0.325 e. The zero-order valence-electron chi connectivity index (χ0n) is 26.2. The van der Waals surface area contributed by atoms with Gasteiger partial charge in [0.1, 0.15) is 12.1 Å². The lowest BCUT2D eigenvalue weighted by Crippen LogP contribution is -2.42. The van der Waals surface area contributed by atoms with Gasteiger partial charge in [0.15, 0.2) is 11.5 Å². The van der Waals surface area contributed by atoms with E-state index < -0.39 is 33.9 Å². The van der Waals surface area contributed by atoms with Gasteiger partial charge >= 0.3 is 5.97 Å². The molecule has 1 amide bonds. The fraction of sp³-hybridized carbons (Fsp3) is 0.424. The van der Waals surface area contributed by atoms with Crippen molar-refractivity contribution in [2.24, 2.45) is 0 Å². The summed E-state index contributed by atoms with van der Waals surface area (Å²) in [5.74, 6) is -0.642. The third kappa shape index (κ3) is 6.36. The maximum atomic E-state index is 14.1. The van der Waals surface area contributed by atoms with Gasteiger partial charge in [-0.1, -0.05) is 29.3 Å². The van der Waals surface area contributed by atoms with Crippen molar-refractivity contribution in [3.63, 3.8) is 0 Å². The largest absolute Gasteiger partial charge is 0.493 e. The van der Waals surface area contributed by atoms with Crippen LogP contribution >= 0.6 is 23.2 Å². The molecule has 1 aromatic heterocycles. The Balaban J connectivity index is 1.35. The van der Waals surface area contributed by atoms with Gasteiger partial charge in [-0.2, -0.15) is 4.31 Å². The molecule has 2 aromatic carbocycles. The Morgan fingerprint density at radius 3 is 2.45 bits per heavy atom. The first-order chi connectivity index (χ1) is 22.4. The Hall–Kier alpha value is -3.58. The summed E-state index contributed by atoms with van der Waals surface area (Å²) in [5, 5.41) is 0.565. The molecule has 1 saturated carbocycles. The molecule has 2 fully saturated rings. The molecule has 2 aliphatic heterocycles. The highest BCUT2D eigenvalue weighted by Crippen LogP contribution is 2.54. The number of amides is 1. The molecular formula is C33H35Cl2N3O8S. The van der Waals surface area contributed by atoms with Crippen LogP contribution in [0.25, 0.3) is 0 Å². The summed E-state index contributed by atoms with van der Waals surface area (Å²) in [5.41, 5.74) is 1.22. The first kappa shape index (κ1) is 33.3. The second kappa shape index (κ2) is 13.1. The number of carbonyl (C=O) groups excluding carboxylic acids is 2. The standard InChI is InChI=1S/C33H35Cl2N3O8S/c1-37(2)31(39)20-8-6-9-21(16-20)47(41,42)38-15-7-10-26(38)32(40)44-28(17-23-24(34)18-36-19-25(23)35)22-11-12-27(43-3)30-29(22)45-33(46-30)13-4-5-14-33/h6,8-9,11-12,16,18-19,26,28H,4-5,7,10,13-15,17H2,1-3H3/t26-,28-/m0/s1. The molecule has 1 spiro atoms. The van der Waals surface area contributed by atoms with Gasteiger partial charge in [0.05, 0.1) is 22.1 Å². The summed E-state index contributed by atoms with van der Waals surface area (Å²) in [4.78, 5) is 31.9. The minimum Gasteiger partial charge on any atom is -0.493 e. The summed E-state index contributed by atoms with van der Waals surface area (Å²) in [6.07, 6.45) is 5.90. The van der Waals surface area contributed by atoms with Crippen LogP contribution < -0.4 is 14.2 Å². The van der Waals surface area contributed by atoms with Gasteiger partial charge < -0.3 is 23.8 Å². The lowest BCUT2D eigenvalue weighted by atomic mass is 10.00. The number of aromatic nitrogens is 1. The van der Waals surface area contributed by atoms with Crippen LogP contribution in [-0.2, 0) is 26.0 Å². The number of ether oxygens (including phenoxy) is 4. The average molecular weight is 705 g/mol. The smallest absolute Gasteiger partial charge is 0.325 e. The molecule has 14 heteroatoms. The van der Waals surface area contributed by atoms with Crippen molar-refractivity contribution < 1.29 is 37.0 Å². The highest BCUT2D eigenvalue weighted by Gasteiger charge is 2.48. The summed E-state index contributed by atoms with van der Waals surface area (Å²) >= 11 is 13.0. The van der Waals surface area contributed by atoms with Crippen molar-refractivity contribution in [1.29, 1.82) is 0 Å². The minimum absolute atomic E-state index is 0.0508. The third-order valence-corrected chi connectivity index (χ3v) is 11.3. The van der Waals surface area contributed by atoms with E-state index in [0.29, 0.717) is 47.6 Å². The van der Waals surface area contributed by atoms with Crippen molar-refractivity contribution >= 4 is 45.1 Å². The summed E-state index contributed by atoms with van der Waals surface area (Å²) in [7, 11) is 0.534. The van der Waals surface area contributed by atoms with Crippen LogP contribution in [0.1, 0.15) is 66.1 Å². The Morgan fingerprint density at radius 1 is 1.06 bits per heavy atom. The number of rotatable bonds is 9. The summed E-state index contributed by atoms with van der Waals surface area (Å²) in [6.45, 7) is 0.109. The molecule has 1 aliphatic carbocycles. The Bertz CT molecular complexity index is 1790. The van der Waals surface area contributed by atoms with Gasteiger partial charge in [-0.15, -0.1) is 0 Å². The first-order valence-corrected chi connectivity index (χ1v) is 17.5. The van der Waals surface area contributed by atoms with Gasteiger partial charge in [-0.05, 0) is 61.6 Å². The predicted octanol–water partition coefficient (Wildman–Crippen LogP) is 5.82. The van der Waals surface area contributed by atoms with E-state index in [1.54, 1.807) is 32.3 Å². The van der Waals surface area contributed by atoms with Crippen molar-refractivity contribution in [3.8, 4) is 17.2 Å². The summed E-state index contributed by atoms with van der Waals surface area (Å²) in [6, 6.07) is 8.15. The molecular weight excluding hydrogens is 669 g/mol. The monoisotopic (exact) mass is 703 g/mol. The number of halogens is 2. The lowest BCUT2D eigenvalue weighted by molar-refractivity contribution is -0.153. The number of methoxy groups -OCH3 is 1. The van der Waals surface area contributed by atoms with Crippen molar-refractivity contribution in [1.82, 2.24) is 14.2 Å². The summed E-state index contributed by atoms with van der Waals surface area (Å²) < 4.78 is 53.6. The van der Waals surface area contributed by atoms with Gasteiger partial charge in [-0.25, -0.2) is 8.42 Å². The minimum atomic E-state index is -4.17. The van der Waals surface area contributed by atoms with Gasteiger partial charge in [0.25, 0.3) is 11.7 Å². The number of hydrogen-bond donors (Lipinski definition) is 0. The molecule has 3 heterocycles. The first-order valence-electron chi connectivity index (χ1n) is 15.3. The number of nitrogens with zero attached hydrogens (tertiary/aromatic N) is 3. The number of esters is 1. The molecule has 1 saturated heterocycles. The number of carbonyl (C=O) groups is 2. The van der Waals surface area contributed by atoms with E-state index in [9.17, 15) is 18.0 Å². The van der Waals surface area contributed by atoms with Crippen LogP contribution in [0.3, 0.4) is 0 Å². The van der Waals surface area contributed by atoms with E-state index in [-0.39, 0.29) is 45.8 Å². The molecule has 6 rings (SSSR count). The zero-order valence-corrected chi connectivity index (χ0v) is 28.5. The quantitative estimate of drug-likeness (QED) is 0.254. The van der Waals surface area contributed by atoms with Gasteiger partial charge in [0, 0.05) is 63.4 Å². The number of fused-ring (bicyclic) bond motifs is 1. The zero-order chi connectivity index (χ0) is 33.5. The predicted molar refractivity (Wildman–Crippen MR) is 174 cm³/mol. The third-order valence-electron chi connectivity index (χ3n) is 8.78. The van der Waals surface area contributed by atoms with Gasteiger partial charge in [-0.3, -0.25) is 14.6 Å². The fourth-order valence-corrected chi connectivity index (χ4v) is 8.60. The molecule has 47 heavy (non-hydrogen) atoms.